The van der Waals surface area contributed by atoms with Crippen LogP contribution < -0.4 is 10.1 Å². The van der Waals surface area contributed by atoms with Crippen LogP contribution in [0.15, 0.2) is 24.3 Å². The van der Waals surface area contributed by atoms with Crippen LogP contribution in [-0.2, 0) is 0 Å². The maximum absolute atomic E-state index is 10.8. The fourth-order valence-corrected chi connectivity index (χ4v) is 2.01. The quantitative estimate of drug-likeness (QED) is 0.640. The lowest BCUT2D eigenvalue weighted by molar-refractivity contribution is 0.0696. The number of benzene rings is 1. The van der Waals surface area contributed by atoms with E-state index in [1.807, 2.05) is 0 Å². The fourth-order valence-electron chi connectivity index (χ4n) is 2.01. The minimum Gasteiger partial charge on any atom is -0.492 e. The van der Waals surface area contributed by atoms with E-state index in [1.54, 1.807) is 12.1 Å². The van der Waals surface area contributed by atoms with Crippen LogP contribution in [0.25, 0.3) is 0 Å². The Morgan fingerprint density at radius 2 is 2.10 bits per heavy atom. The molecule has 0 heterocycles. The molecule has 0 radical (unpaired) electrons. The molecule has 0 bridgehead atoms. The highest BCUT2D eigenvalue weighted by atomic mass is 16.5. The average Bonchev–Trinajstić information content (AvgIpc) is 2.36. The Morgan fingerprint density at radius 1 is 1.38 bits per heavy atom. The molecule has 1 unspecified atom stereocenters. The van der Waals surface area contributed by atoms with Crippen molar-refractivity contribution in [3.63, 3.8) is 0 Å². The number of aromatic carboxylic acids is 1. The summed E-state index contributed by atoms with van der Waals surface area (Å²) in [6, 6.07) is 6.40. The number of aliphatic hydroxyl groups is 1. The molecule has 0 aliphatic heterocycles. The third kappa shape index (κ3) is 7.68. The van der Waals surface area contributed by atoms with Gasteiger partial charge in [-0.1, -0.05) is 26.8 Å². The van der Waals surface area contributed by atoms with Crippen molar-refractivity contribution in [1.29, 1.82) is 0 Å². The highest BCUT2D eigenvalue weighted by Crippen LogP contribution is 2.20. The van der Waals surface area contributed by atoms with Gasteiger partial charge in [-0.2, -0.15) is 0 Å². The van der Waals surface area contributed by atoms with Crippen molar-refractivity contribution in [2.24, 2.45) is 5.41 Å². The van der Waals surface area contributed by atoms with Gasteiger partial charge in [0.25, 0.3) is 0 Å². The van der Waals surface area contributed by atoms with Gasteiger partial charge in [0.1, 0.15) is 12.4 Å². The van der Waals surface area contributed by atoms with Crippen LogP contribution in [0.5, 0.6) is 5.75 Å². The zero-order valence-electron chi connectivity index (χ0n) is 12.9. The molecule has 5 heteroatoms. The number of carboxylic acids is 1. The van der Waals surface area contributed by atoms with Crippen molar-refractivity contribution in [2.45, 2.75) is 33.3 Å². The molecule has 0 aliphatic rings. The fraction of sp³-hybridized carbons (Fsp3) is 0.562. The third-order valence-electron chi connectivity index (χ3n) is 2.86. The Morgan fingerprint density at radius 3 is 2.71 bits per heavy atom. The van der Waals surface area contributed by atoms with Gasteiger partial charge in [0, 0.05) is 13.1 Å². The predicted octanol–water partition coefficient (Wildman–Crippen LogP) is 2.15. The average molecular weight is 295 g/mol. The summed E-state index contributed by atoms with van der Waals surface area (Å²) in [5.74, 6) is -0.434. The number of carboxylic acid groups (broad SMARTS) is 1. The molecule has 21 heavy (non-hydrogen) atoms. The Kier molecular flexibility index (Phi) is 6.65. The molecule has 0 spiro atoms. The van der Waals surface area contributed by atoms with Gasteiger partial charge in [0.05, 0.1) is 11.7 Å². The summed E-state index contributed by atoms with van der Waals surface area (Å²) < 4.78 is 5.47. The molecule has 118 valence electrons. The van der Waals surface area contributed by atoms with Gasteiger partial charge in [-0.15, -0.1) is 0 Å². The van der Waals surface area contributed by atoms with E-state index in [4.69, 9.17) is 9.84 Å². The molecule has 5 nitrogen and oxygen atoms in total. The number of rotatable bonds is 8. The Balaban J connectivity index is 2.23. The van der Waals surface area contributed by atoms with Crippen LogP contribution in [0.2, 0.25) is 0 Å². The van der Waals surface area contributed by atoms with Gasteiger partial charge in [-0.05, 0) is 30.0 Å². The van der Waals surface area contributed by atoms with Crippen molar-refractivity contribution in [3.05, 3.63) is 29.8 Å². The predicted molar refractivity (Wildman–Crippen MR) is 81.8 cm³/mol. The maximum Gasteiger partial charge on any atom is 0.335 e. The van der Waals surface area contributed by atoms with Crippen molar-refractivity contribution in [1.82, 2.24) is 5.32 Å². The summed E-state index contributed by atoms with van der Waals surface area (Å²) in [5.41, 5.74) is 0.315. The zero-order valence-corrected chi connectivity index (χ0v) is 12.9. The lowest BCUT2D eigenvalue weighted by Gasteiger charge is -2.22. The van der Waals surface area contributed by atoms with E-state index in [0.717, 1.165) is 6.42 Å². The van der Waals surface area contributed by atoms with E-state index in [2.05, 4.69) is 26.1 Å². The Hall–Kier alpha value is -1.59. The van der Waals surface area contributed by atoms with Gasteiger partial charge in [-0.25, -0.2) is 4.79 Å². The standard InChI is InChI=1S/C16H25NO4/c1-16(2,3)10-13(18)11-17-7-8-21-14-6-4-5-12(9-14)15(19)20/h4-6,9,13,17-18H,7-8,10-11H2,1-3H3,(H,19,20). The van der Waals surface area contributed by atoms with Crippen LogP contribution in [0.4, 0.5) is 0 Å². The van der Waals surface area contributed by atoms with Crippen molar-refractivity contribution < 1.29 is 19.7 Å². The largest absolute Gasteiger partial charge is 0.492 e. The second-order valence-electron chi connectivity index (χ2n) is 6.30. The molecule has 0 saturated carbocycles. The maximum atomic E-state index is 10.8. The van der Waals surface area contributed by atoms with Gasteiger partial charge >= 0.3 is 5.97 Å². The van der Waals surface area contributed by atoms with Gasteiger partial charge < -0.3 is 20.3 Å². The minimum absolute atomic E-state index is 0.106. The number of hydrogen-bond acceptors (Lipinski definition) is 4. The molecule has 3 N–H and O–H groups in total. The van der Waals surface area contributed by atoms with Crippen LogP contribution in [0.3, 0.4) is 0 Å². The molecule has 1 aromatic rings. The SMILES string of the molecule is CC(C)(C)CC(O)CNCCOc1cccc(C(=O)O)c1. The molecule has 0 amide bonds. The Bertz CT molecular complexity index is 454. The first kappa shape index (κ1) is 17.5. The highest BCUT2D eigenvalue weighted by Gasteiger charge is 2.15. The number of hydrogen-bond donors (Lipinski definition) is 3. The first-order chi connectivity index (χ1) is 9.78. The minimum atomic E-state index is -0.969. The zero-order chi connectivity index (χ0) is 15.9. The third-order valence-corrected chi connectivity index (χ3v) is 2.86. The van der Waals surface area contributed by atoms with Gasteiger partial charge in [-0.3, -0.25) is 0 Å². The second kappa shape index (κ2) is 8.00. The molecule has 0 fully saturated rings. The number of nitrogens with one attached hydrogen (secondary N) is 1. The second-order valence-corrected chi connectivity index (χ2v) is 6.30. The van der Waals surface area contributed by atoms with E-state index in [1.165, 1.54) is 12.1 Å². The topological polar surface area (TPSA) is 78.8 Å². The van der Waals surface area contributed by atoms with Crippen LogP contribution in [0, 0.1) is 5.41 Å². The molecule has 0 saturated heterocycles. The summed E-state index contributed by atoms with van der Waals surface area (Å²) in [4.78, 5) is 10.8. The molecule has 1 atom stereocenters. The summed E-state index contributed by atoms with van der Waals surface area (Å²) in [7, 11) is 0. The normalized spacial score (nSPS) is 13.0. The smallest absolute Gasteiger partial charge is 0.335 e. The lowest BCUT2D eigenvalue weighted by Crippen LogP contribution is -2.32. The van der Waals surface area contributed by atoms with Gasteiger partial charge in [0.2, 0.25) is 0 Å². The monoisotopic (exact) mass is 295 g/mol. The lowest BCUT2D eigenvalue weighted by atomic mass is 9.89. The van der Waals surface area contributed by atoms with E-state index < -0.39 is 5.97 Å². The van der Waals surface area contributed by atoms with Crippen molar-refractivity contribution >= 4 is 5.97 Å². The van der Waals surface area contributed by atoms with E-state index in [9.17, 15) is 9.90 Å². The summed E-state index contributed by atoms with van der Waals surface area (Å²) in [6.45, 7) is 7.82. The molecule has 1 aromatic carbocycles. The number of aliphatic hydroxyl groups excluding tert-OH is 1. The van der Waals surface area contributed by atoms with Crippen LogP contribution in [-0.4, -0.2) is 42.0 Å². The van der Waals surface area contributed by atoms with Gasteiger partial charge in [0.15, 0.2) is 0 Å². The summed E-state index contributed by atoms with van der Waals surface area (Å²) >= 11 is 0. The van der Waals surface area contributed by atoms with E-state index in [0.29, 0.717) is 25.4 Å². The molecule has 0 aliphatic carbocycles. The highest BCUT2D eigenvalue weighted by molar-refractivity contribution is 5.87. The van der Waals surface area contributed by atoms with Crippen molar-refractivity contribution in [2.75, 3.05) is 19.7 Å². The molecular formula is C16H25NO4. The molecule has 1 rings (SSSR count). The summed E-state index contributed by atoms with van der Waals surface area (Å²) in [6.07, 6.45) is 0.363. The number of ether oxygens (including phenoxy) is 1. The van der Waals surface area contributed by atoms with Crippen molar-refractivity contribution in [3.8, 4) is 5.75 Å². The summed E-state index contributed by atoms with van der Waals surface area (Å²) in [5, 5.41) is 21.8. The van der Waals surface area contributed by atoms with Crippen LogP contribution in [0.1, 0.15) is 37.6 Å². The molecule has 0 aromatic heterocycles. The Labute approximate surface area is 125 Å². The van der Waals surface area contributed by atoms with E-state index in [-0.39, 0.29) is 17.1 Å². The first-order valence-electron chi connectivity index (χ1n) is 7.13. The first-order valence-corrected chi connectivity index (χ1v) is 7.13. The van der Waals surface area contributed by atoms with E-state index >= 15 is 0 Å². The number of carbonyl (C=O) groups is 1. The van der Waals surface area contributed by atoms with Crippen LogP contribution >= 0.6 is 0 Å². The molecular weight excluding hydrogens is 270 g/mol.